The molecule has 0 radical (unpaired) electrons. The zero-order valence-corrected chi connectivity index (χ0v) is 16.8. The number of hydrazine groups is 1. The van der Waals surface area contributed by atoms with E-state index in [1.807, 2.05) is 0 Å². The average molecular weight is 439 g/mol. The maximum Gasteiger partial charge on any atom is 0.273 e. The van der Waals surface area contributed by atoms with E-state index in [1.54, 1.807) is 18.2 Å². The Kier molecular flexibility index (Phi) is 6.89. The highest BCUT2D eigenvalue weighted by Crippen LogP contribution is 2.33. The maximum atomic E-state index is 12.5. The molecule has 0 fully saturated rings. The highest BCUT2D eigenvalue weighted by Gasteiger charge is 2.18. The normalized spacial score (nSPS) is 9.96. The van der Waals surface area contributed by atoms with Gasteiger partial charge in [0, 0.05) is 5.56 Å². The van der Waals surface area contributed by atoms with E-state index in [1.165, 1.54) is 40.6 Å². The lowest BCUT2D eigenvalue weighted by atomic mass is 10.1. The van der Waals surface area contributed by atoms with Crippen LogP contribution >= 0.6 is 15.9 Å². The second kappa shape index (κ2) is 9.13. The molecule has 144 valence electrons. The van der Waals surface area contributed by atoms with Gasteiger partial charge in [-0.2, -0.15) is 0 Å². The van der Waals surface area contributed by atoms with Crippen molar-refractivity contribution in [2.24, 2.45) is 0 Å². The third-order valence-electron chi connectivity index (χ3n) is 3.64. The van der Waals surface area contributed by atoms with Crippen molar-refractivity contribution in [3.05, 3.63) is 45.9 Å². The smallest absolute Gasteiger partial charge is 0.273 e. The van der Waals surface area contributed by atoms with Crippen molar-refractivity contribution in [1.29, 1.82) is 0 Å². The van der Waals surface area contributed by atoms with Crippen molar-refractivity contribution >= 4 is 27.7 Å². The van der Waals surface area contributed by atoms with Gasteiger partial charge in [0.1, 0.15) is 11.5 Å². The van der Waals surface area contributed by atoms with Crippen LogP contribution in [0.15, 0.2) is 34.8 Å². The molecule has 27 heavy (non-hydrogen) atoms. The quantitative estimate of drug-likeness (QED) is 0.672. The minimum absolute atomic E-state index is 0.191. The van der Waals surface area contributed by atoms with E-state index in [2.05, 4.69) is 26.8 Å². The minimum Gasteiger partial charge on any atom is -0.497 e. The Hall–Kier alpha value is -2.94. The zero-order valence-electron chi connectivity index (χ0n) is 15.2. The topological polar surface area (TPSA) is 95.1 Å². The molecule has 2 aromatic rings. The third kappa shape index (κ3) is 4.62. The molecule has 0 bridgehead atoms. The molecule has 0 aromatic heterocycles. The van der Waals surface area contributed by atoms with E-state index in [0.717, 1.165) is 0 Å². The van der Waals surface area contributed by atoms with Gasteiger partial charge < -0.3 is 18.9 Å². The molecule has 2 rings (SSSR count). The van der Waals surface area contributed by atoms with Crippen molar-refractivity contribution in [3.8, 4) is 23.0 Å². The predicted molar refractivity (Wildman–Crippen MR) is 102 cm³/mol. The predicted octanol–water partition coefficient (Wildman–Crippen LogP) is 2.56. The number of rotatable bonds is 6. The van der Waals surface area contributed by atoms with E-state index >= 15 is 0 Å². The Labute approximate surface area is 164 Å². The number of halogens is 1. The second-order valence-electron chi connectivity index (χ2n) is 5.17. The number of carbonyl (C=O) groups excluding carboxylic acids is 2. The second-order valence-corrected chi connectivity index (χ2v) is 6.02. The van der Waals surface area contributed by atoms with E-state index < -0.39 is 11.8 Å². The molecule has 2 N–H and O–H groups in total. The Bertz CT molecular complexity index is 856. The molecule has 0 saturated heterocycles. The van der Waals surface area contributed by atoms with Crippen LogP contribution in [-0.2, 0) is 0 Å². The van der Waals surface area contributed by atoms with E-state index in [-0.39, 0.29) is 11.1 Å². The summed E-state index contributed by atoms with van der Waals surface area (Å²) < 4.78 is 21.2. The molecular weight excluding hydrogens is 420 g/mol. The van der Waals surface area contributed by atoms with Crippen molar-refractivity contribution in [2.45, 2.75) is 0 Å². The Morgan fingerprint density at radius 1 is 0.815 bits per heavy atom. The SMILES string of the molecule is COc1cc(Br)c(OC)c(C(=O)NNC(=O)c2ccc(OC)c(OC)c2)c1. The molecule has 0 aliphatic carbocycles. The summed E-state index contributed by atoms with van der Waals surface area (Å²) in [6.45, 7) is 0. The fourth-order valence-electron chi connectivity index (χ4n) is 2.29. The van der Waals surface area contributed by atoms with Crippen molar-refractivity contribution in [2.75, 3.05) is 28.4 Å². The van der Waals surface area contributed by atoms with Crippen molar-refractivity contribution < 1.29 is 28.5 Å². The summed E-state index contributed by atoms with van der Waals surface area (Å²) in [6, 6.07) is 7.81. The zero-order chi connectivity index (χ0) is 20.0. The number of nitrogens with one attached hydrogen (secondary N) is 2. The lowest BCUT2D eigenvalue weighted by Crippen LogP contribution is -2.41. The van der Waals surface area contributed by atoms with Crippen molar-refractivity contribution in [1.82, 2.24) is 10.9 Å². The average Bonchev–Trinajstić information content (AvgIpc) is 2.70. The molecule has 8 nitrogen and oxygen atoms in total. The minimum atomic E-state index is -0.569. The maximum absolute atomic E-state index is 12.5. The molecule has 2 amide bonds. The van der Waals surface area contributed by atoms with Gasteiger partial charge in [-0.05, 0) is 46.3 Å². The molecule has 0 aliphatic rings. The molecule has 0 saturated carbocycles. The lowest BCUT2D eigenvalue weighted by Gasteiger charge is -2.14. The molecule has 0 atom stereocenters. The molecule has 0 heterocycles. The largest absolute Gasteiger partial charge is 0.497 e. The van der Waals surface area contributed by atoms with Crippen LogP contribution in [0.5, 0.6) is 23.0 Å². The number of hydrogen-bond acceptors (Lipinski definition) is 6. The van der Waals surface area contributed by atoms with Crippen LogP contribution in [0.2, 0.25) is 0 Å². The number of benzene rings is 2. The molecular formula is C18H19BrN2O6. The number of methoxy groups -OCH3 is 4. The molecule has 2 aromatic carbocycles. The molecule has 0 aliphatic heterocycles. The number of hydrogen-bond donors (Lipinski definition) is 2. The summed E-state index contributed by atoms with van der Waals surface area (Å²) >= 11 is 3.32. The first-order valence-electron chi connectivity index (χ1n) is 7.69. The summed E-state index contributed by atoms with van der Waals surface area (Å²) in [5, 5.41) is 0. The van der Waals surface area contributed by atoms with Gasteiger partial charge in [0.2, 0.25) is 0 Å². The van der Waals surface area contributed by atoms with Crippen LogP contribution < -0.4 is 29.8 Å². The van der Waals surface area contributed by atoms with E-state index in [9.17, 15) is 9.59 Å². The standard InChI is InChI=1S/C18H19BrN2O6/c1-24-11-8-12(16(27-4)13(19)9-11)18(23)21-20-17(22)10-5-6-14(25-2)15(7-10)26-3/h5-9H,1-4H3,(H,20,22)(H,21,23). The molecule has 9 heteroatoms. The van der Waals surface area contributed by atoms with E-state index in [4.69, 9.17) is 18.9 Å². The van der Waals surface area contributed by atoms with Gasteiger partial charge in [0.05, 0.1) is 38.5 Å². The first-order chi connectivity index (χ1) is 12.9. The highest BCUT2D eigenvalue weighted by molar-refractivity contribution is 9.10. The summed E-state index contributed by atoms with van der Waals surface area (Å²) in [5.41, 5.74) is 5.17. The fourth-order valence-corrected chi connectivity index (χ4v) is 2.89. The Morgan fingerprint density at radius 3 is 2.07 bits per heavy atom. The van der Waals surface area contributed by atoms with Gasteiger partial charge >= 0.3 is 0 Å². The van der Waals surface area contributed by atoms with Crippen molar-refractivity contribution in [3.63, 3.8) is 0 Å². The van der Waals surface area contributed by atoms with Crippen LogP contribution in [0, 0.1) is 0 Å². The summed E-state index contributed by atoms with van der Waals surface area (Å²) in [4.78, 5) is 24.8. The van der Waals surface area contributed by atoms with Gasteiger partial charge in [0.25, 0.3) is 11.8 Å². The lowest BCUT2D eigenvalue weighted by molar-refractivity contribution is 0.0844. The summed E-state index contributed by atoms with van der Waals surface area (Å²) in [6.07, 6.45) is 0. The van der Waals surface area contributed by atoms with Gasteiger partial charge in [-0.1, -0.05) is 0 Å². The summed E-state index contributed by atoms with van der Waals surface area (Å²) in [7, 11) is 5.88. The summed E-state index contributed by atoms with van der Waals surface area (Å²) in [5.74, 6) is 0.567. The number of carbonyl (C=O) groups is 2. The van der Waals surface area contributed by atoms with Crippen LogP contribution in [0.1, 0.15) is 20.7 Å². The Morgan fingerprint density at radius 2 is 1.48 bits per heavy atom. The number of ether oxygens (including phenoxy) is 4. The van der Waals surface area contributed by atoms with Gasteiger partial charge in [-0.15, -0.1) is 0 Å². The first-order valence-corrected chi connectivity index (χ1v) is 8.48. The third-order valence-corrected chi connectivity index (χ3v) is 4.23. The highest BCUT2D eigenvalue weighted by atomic mass is 79.9. The first kappa shape index (κ1) is 20.4. The van der Waals surface area contributed by atoms with Gasteiger partial charge in [0.15, 0.2) is 11.5 Å². The Balaban J connectivity index is 2.16. The molecule has 0 unspecified atom stereocenters. The van der Waals surface area contributed by atoms with Crippen LogP contribution in [0.3, 0.4) is 0 Å². The van der Waals surface area contributed by atoms with Crippen LogP contribution in [0.4, 0.5) is 0 Å². The monoisotopic (exact) mass is 438 g/mol. The van der Waals surface area contributed by atoms with E-state index in [0.29, 0.717) is 27.5 Å². The number of amides is 2. The van der Waals surface area contributed by atoms with Crippen LogP contribution in [-0.4, -0.2) is 40.3 Å². The van der Waals surface area contributed by atoms with Gasteiger partial charge in [-0.3, -0.25) is 20.4 Å². The molecule has 0 spiro atoms. The fraction of sp³-hybridized carbons (Fsp3) is 0.222. The van der Waals surface area contributed by atoms with Crippen LogP contribution in [0.25, 0.3) is 0 Å². The van der Waals surface area contributed by atoms with Gasteiger partial charge in [-0.25, -0.2) is 0 Å².